The van der Waals surface area contributed by atoms with Gasteiger partial charge in [0, 0.05) is 6.42 Å². The molecule has 0 amide bonds. The lowest BCUT2D eigenvalue weighted by molar-refractivity contribution is -0.164. The fourth-order valence-corrected chi connectivity index (χ4v) is 3.72. The number of ether oxygens (including phenoxy) is 2. The molecule has 4 atom stereocenters. The molecule has 4 unspecified atom stereocenters. The van der Waals surface area contributed by atoms with Crippen LogP contribution in [-0.4, -0.2) is 24.1 Å². The van der Waals surface area contributed by atoms with Crippen LogP contribution in [0.15, 0.2) is 0 Å². The maximum Gasteiger partial charge on any atom is 0.309 e. The molecule has 1 aliphatic rings. The number of hydrogen-bond donors (Lipinski definition) is 0. The normalized spacial score (nSPS) is 22.5. The van der Waals surface area contributed by atoms with Gasteiger partial charge in [-0.15, -0.1) is 0 Å². The van der Waals surface area contributed by atoms with E-state index in [1.165, 1.54) is 0 Å². The molecule has 4 heteroatoms. The van der Waals surface area contributed by atoms with Crippen LogP contribution in [0.3, 0.4) is 0 Å². The van der Waals surface area contributed by atoms with Crippen LogP contribution in [0.25, 0.3) is 0 Å². The van der Waals surface area contributed by atoms with Crippen LogP contribution in [0.2, 0.25) is 0 Å². The highest BCUT2D eigenvalue weighted by Crippen LogP contribution is 2.27. The van der Waals surface area contributed by atoms with Gasteiger partial charge in [0.25, 0.3) is 0 Å². The largest absolute Gasteiger partial charge is 0.462 e. The van der Waals surface area contributed by atoms with Gasteiger partial charge in [-0.05, 0) is 44.9 Å². The first-order valence-corrected chi connectivity index (χ1v) is 11.0. The minimum absolute atomic E-state index is 0.0105. The lowest BCUT2D eigenvalue weighted by atomic mass is 9.93. The highest BCUT2D eigenvalue weighted by Gasteiger charge is 2.30. The minimum atomic E-state index is -0.0968. The number of unbranched alkanes of at least 4 members (excludes halogenated alkanes) is 2. The zero-order chi connectivity index (χ0) is 19.4. The van der Waals surface area contributed by atoms with Crippen LogP contribution >= 0.6 is 0 Å². The molecule has 0 aromatic heterocycles. The van der Waals surface area contributed by atoms with Crippen LogP contribution in [0.4, 0.5) is 0 Å². The first kappa shape index (κ1) is 23.0. The number of carbonyl (C=O) groups is 2. The molecule has 0 aromatic rings. The molecule has 0 radical (unpaired) electrons. The van der Waals surface area contributed by atoms with E-state index in [9.17, 15) is 9.59 Å². The maximum absolute atomic E-state index is 12.4. The van der Waals surface area contributed by atoms with E-state index in [4.69, 9.17) is 9.47 Å². The molecule has 0 saturated heterocycles. The van der Waals surface area contributed by atoms with Crippen molar-refractivity contribution in [3.05, 3.63) is 0 Å². The van der Waals surface area contributed by atoms with Gasteiger partial charge in [0.15, 0.2) is 0 Å². The molecule has 0 heterocycles. The van der Waals surface area contributed by atoms with E-state index in [0.29, 0.717) is 6.42 Å². The van der Waals surface area contributed by atoms with Gasteiger partial charge in [0.1, 0.15) is 12.2 Å². The third-order valence-corrected chi connectivity index (χ3v) is 5.61. The van der Waals surface area contributed by atoms with Crippen LogP contribution < -0.4 is 0 Å². The topological polar surface area (TPSA) is 52.6 Å². The first-order valence-electron chi connectivity index (χ1n) is 11.0. The van der Waals surface area contributed by atoms with Gasteiger partial charge in [-0.3, -0.25) is 9.59 Å². The zero-order valence-corrected chi connectivity index (χ0v) is 17.4. The fourth-order valence-electron chi connectivity index (χ4n) is 3.72. The van der Waals surface area contributed by atoms with Gasteiger partial charge in [0.2, 0.25) is 0 Å². The third-order valence-electron chi connectivity index (χ3n) is 5.61. The Bertz CT molecular complexity index is 371. The second kappa shape index (κ2) is 13.2. The molecular weight excluding hydrogens is 328 g/mol. The Morgan fingerprint density at radius 2 is 1.23 bits per heavy atom. The number of rotatable bonds is 12. The van der Waals surface area contributed by atoms with E-state index in [2.05, 4.69) is 13.8 Å². The molecule has 0 spiro atoms. The van der Waals surface area contributed by atoms with E-state index in [0.717, 1.165) is 70.6 Å². The van der Waals surface area contributed by atoms with Crippen molar-refractivity contribution in [3.63, 3.8) is 0 Å². The molecule has 0 N–H and O–H groups in total. The summed E-state index contributed by atoms with van der Waals surface area (Å²) in [4.78, 5) is 24.8. The van der Waals surface area contributed by atoms with E-state index < -0.39 is 0 Å². The lowest BCUT2D eigenvalue weighted by Gasteiger charge is -2.30. The van der Waals surface area contributed by atoms with Crippen LogP contribution in [0, 0.1) is 11.8 Å². The molecule has 1 saturated carbocycles. The standard InChI is InChI=1S/C22H40O4/c1-5-9-12-17(7-3)21(23)25-19-14-11-15-20(16-19)26-22(24)18(8-4)13-10-6-2/h17-20H,5-16H2,1-4H3. The summed E-state index contributed by atoms with van der Waals surface area (Å²) < 4.78 is 11.5. The van der Waals surface area contributed by atoms with Crippen molar-refractivity contribution in [2.45, 2.75) is 117 Å². The van der Waals surface area contributed by atoms with Crippen molar-refractivity contribution in [1.29, 1.82) is 0 Å². The summed E-state index contributed by atoms with van der Waals surface area (Å²) in [7, 11) is 0. The number of carbonyl (C=O) groups excluding carboxylic acids is 2. The van der Waals surface area contributed by atoms with Crippen LogP contribution in [-0.2, 0) is 19.1 Å². The summed E-state index contributed by atoms with van der Waals surface area (Å²) in [5, 5.41) is 0. The van der Waals surface area contributed by atoms with Crippen molar-refractivity contribution in [2.24, 2.45) is 11.8 Å². The van der Waals surface area contributed by atoms with E-state index in [1.54, 1.807) is 0 Å². The Hall–Kier alpha value is -1.06. The fraction of sp³-hybridized carbons (Fsp3) is 0.909. The van der Waals surface area contributed by atoms with E-state index in [1.807, 2.05) is 13.8 Å². The van der Waals surface area contributed by atoms with Crippen molar-refractivity contribution in [3.8, 4) is 0 Å². The summed E-state index contributed by atoms with van der Waals surface area (Å²) in [6.45, 7) is 8.38. The second-order valence-electron chi connectivity index (χ2n) is 7.78. The van der Waals surface area contributed by atoms with Gasteiger partial charge in [-0.2, -0.15) is 0 Å². The number of hydrogen-bond acceptors (Lipinski definition) is 4. The Kier molecular flexibility index (Phi) is 11.6. The molecular formula is C22H40O4. The molecule has 0 aromatic carbocycles. The predicted octanol–water partition coefficient (Wildman–Crippen LogP) is 5.82. The SMILES string of the molecule is CCCCC(CC)C(=O)OC1CCCC(OC(=O)C(CC)CCCC)C1. The Balaban J connectivity index is 2.47. The summed E-state index contributed by atoms with van der Waals surface area (Å²) >= 11 is 0. The van der Waals surface area contributed by atoms with Gasteiger partial charge in [0.05, 0.1) is 11.8 Å². The van der Waals surface area contributed by atoms with E-state index in [-0.39, 0.29) is 36.0 Å². The molecule has 0 aliphatic heterocycles. The predicted molar refractivity (Wildman–Crippen MR) is 105 cm³/mol. The van der Waals surface area contributed by atoms with Gasteiger partial charge >= 0.3 is 11.9 Å². The molecule has 0 bridgehead atoms. The second-order valence-corrected chi connectivity index (χ2v) is 7.78. The molecule has 152 valence electrons. The highest BCUT2D eigenvalue weighted by molar-refractivity contribution is 5.73. The lowest BCUT2D eigenvalue weighted by Crippen LogP contribution is -2.34. The average molecular weight is 369 g/mol. The minimum Gasteiger partial charge on any atom is -0.462 e. The number of esters is 2. The maximum atomic E-state index is 12.4. The van der Waals surface area contributed by atoms with Crippen molar-refractivity contribution < 1.29 is 19.1 Å². The summed E-state index contributed by atoms with van der Waals surface area (Å²) in [5.74, 6) is -0.104. The van der Waals surface area contributed by atoms with Crippen LogP contribution in [0.5, 0.6) is 0 Å². The molecule has 1 fully saturated rings. The smallest absolute Gasteiger partial charge is 0.309 e. The Labute approximate surface area is 160 Å². The van der Waals surface area contributed by atoms with Crippen LogP contribution in [0.1, 0.15) is 105 Å². The van der Waals surface area contributed by atoms with Gasteiger partial charge in [-0.25, -0.2) is 0 Å². The summed E-state index contributed by atoms with van der Waals surface area (Å²) in [5.41, 5.74) is 0. The zero-order valence-electron chi connectivity index (χ0n) is 17.4. The molecule has 4 nitrogen and oxygen atoms in total. The third kappa shape index (κ3) is 8.09. The van der Waals surface area contributed by atoms with Gasteiger partial charge in [-0.1, -0.05) is 53.4 Å². The molecule has 1 rings (SSSR count). The first-order chi connectivity index (χ1) is 12.5. The quantitative estimate of drug-likeness (QED) is 0.407. The summed E-state index contributed by atoms with van der Waals surface area (Å²) in [6.07, 6.45) is 11.0. The van der Waals surface area contributed by atoms with Crippen molar-refractivity contribution in [1.82, 2.24) is 0 Å². The Morgan fingerprint density at radius 1 is 0.808 bits per heavy atom. The summed E-state index contributed by atoms with van der Waals surface area (Å²) in [6, 6.07) is 0. The molecule has 1 aliphatic carbocycles. The monoisotopic (exact) mass is 368 g/mol. The Morgan fingerprint density at radius 3 is 1.58 bits per heavy atom. The van der Waals surface area contributed by atoms with Gasteiger partial charge < -0.3 is 9.47 Å². The van der Waals surface area contributed by atoms with Crippen molar-refractivity contribution >= 4 is 11.9 Å². The molecule has 26 heavy (non-hydrogen) atoms. The van der Waals surface area contributed by atoms with Crippen molar-refractivity contribution in [2.75, 3.05) is 0 Å². The average Bonchev–Trinajstić information content (AvgIpc) is 2.63. The van der Waals surface area contributed by atoms with E-state index >= 15 is 0 Å². The highest BCUT2D eigenvalue weighted by atomic mass is 16.6.